The van der Waals surface area contributed by atoms with E-state index in [-0.39, 0.29) is 23.9 Å². The lowest BCUT2D eigenvalue weighted by Crippen LogP contribution is -2.65. The Hall–Kier alpha value is -1.06. The van der Waals surface area contributed by atoms with Gasteiger partial charge in [0.15, 0.2) is 0 Å². The van der Waals surface area contributed by atoms with Crippen molar-refractivity contribution in [2.45, 2.75) is 71.0 Å². The molecule has 2 atom stereocenters. The molecule has 4 nitrogen and oxygen atoms in total. The van der Waals surface area contributed by atoms with E-state index in [0.29, 0.717) is 23.8 Å². The third kappa shape index (κ3) is 2.57. The molecular weight excluding hydrogens is 252 g/mol. The molecule has 0 spiro atoms. The first kappa shape index (κ1) is 13.9. The van der Waals surface area contributed by atoms with Crippen LogP contribution in [0.25, 0.3) is 0 Å². The standard InChI is InChI=1S/C16H26N2O2/c1-9(2)8-13-16(20)18(10(3)15(19)17-13)14(11-4-5-11)12-6-7-12/h9-14H,4-8H2,1-3H3,(H,17,19). The maximum absolute atomic E-state index is 12.8. The summed E-state index contributed by atoms with van der Waals surface area (Å²) in [6.45, 7) is 6.08. The number of nitrogens with zero attached hydrogens (tertiary/aromatic N) is 1. The number of hydrogen-bond acceptors (Lipinski definition) is 2. The Morgan fingerprint density at radius 2 is 1.70 bits per heavy atom. The lowest BCUT2D eigenvalue weighted by atomic mass is 9.94. The molecule has 2 aliphatic carbocycles. The second-order valence-corrected chi connectivity index (χ2v) is 7.28. The van der Waals surface area contributed by atoms with Crippen molar-refractivity contribution in [2.24, 2.45) is 17.8 Å². The van der Waals surface area contributed by atoms with Crippen LogP contribution in [0.15, 0.2) is 0 Å². The fourth-order valence-corrected chi connectivity index (χ4v) is 3.60. The van der Waals surface area contributed by atoms with E-state index in [4.69, 9.17) is 0 Å². The zero-order chi connectivity index (χ0) is 14.4. The van der Waals surface area contributed by atoms with Crippen molar-refractivity contribution in [1.82, 2.24) is 10.2 Å². The molecule has 0 aromatic rings. The molecule has 1 saturated heterocycles. The molecule has 1 heterocycles. The highest BCUT2D eigenvalue weighted by Crippen LogP contribution is 2.48. The molecule has 0 radical (unpaired) electrons. The van der Waals surface area contributed by atoms with Crippen molar-refractivity contribution >= 4 is 11.8 Å². The van der Waals surface area contributed by atoms with Crippen LogP contribution in [0.3, 0.4) is 0 Å². The molecular formula is C16H26N2O2. The van der Waals surface area contributed by atoms with E-state index in [1.165, 1.54) is 25.7 Å². The lowest BCUT2D eigenvalue weighted by molar-refractivity contribution is -0.153. The molecule has 0 aromatic heterocycles. The van der Waals surface area contributed by atoms with Gasteiger partial charge in [-0.05, 0) is 56.8 Å². The zero-order valence-electron chi connectivity index (χ0n) is 12.8. The largest absolute Gasteiger partial charge is 0.343 e. The molecule has 0 bridgehead atoms. The molecule has 4 heteroatoms. The van der Waals surface area contributed by atoms with Gasteiger partial charge >= 0.3 is 0 Å². The Labute approximate surface area is 121 Å². The Kier molecular flexibility index (Phi) is 3.51. The Morgan fingerprint density at radius 3 is 2.15 bits per heavy atom. The van der Waals surface area contributed by atoms with Crippen LogP contribution in [0.4, 0.5) is 0 Å². The van der Waals surface area contributed by atoms with Crippen LogP contribution >= 0.6 is 0 Å². The number of carbonyl (C=O) groups is 2. The first-order valence-electron chi connectivity index (χ1n) is 8.11. The van der Waals surface area contributed by atoms with Crippen molar-refractivity contribution in [2.75, 3.05) is 0 Å². The van der Waals surface area contributed by atoms with Gasteiger partial charge in [-0.2, -0.15) is 0 Å². The SMILES string of the molecule is CC(C)CC1NC(=O)C(C)N(C(C2CC2)C2CC2)C1=O. The highest BCUT2D eigenvalue weighted by molar-refractivity contribution is 5.97. The lowest BCUT2D eigenvalue weighted by Gasteiger charge is -2.43. The van der Waals surface area contributed by atoms with Gasteiger partial charge in [0.25, 0.3) is 0 Å². The molecule has 1 N–H and O–H groups in total. The molecule has 2 amide bonds. The first-order chi connectivity index (χ1) is 9.49. The molecule has 1 aliphatic heterocycles. The van der Waals surface area contributed by atoms with E-state index < -0.39 is 0 Å². The summed E-state index contributed by atoms with van der Waals surface area (Å²) in [6, 6.07) is -0.269. The topological polar surface area (TPSA) is 49.4 Å². The van der Waals surface area contributed by atoms with Crippen molar-refractivity contribution in [3.63, 3.8) is 0 Å². The van der Waals surface area contributed by atoms with E-state index in [0.717, 1.165) is 6.42 Å². The molecule has 3 fully saturated rings. The molecule has 0 aromatic carbocycles. The van der Waals surface area contributed by atoms with Crippen LogP contribution in [-0.4, -0.2) is 34.8 Å². The summed E-state index contributed by atoms with van der Waals surface area (Å²) in [5.41, 5.74) is 0. The van der Waals surface area contributed by atoms with Gasteiger partial charge in [-0.3, -0.25) is 9.59 Å². The minimum atomic E-state index is -0.307. The highest BCUT2D eigenvalue weighted by Gasteiger charge is 2.51. The smallest absolute Gasteiger partial charge is 0.246 e. The fourth-order valence-electron chi connectivity index (χ4n) is 3.60. The van der Waals surface area contributed by atoms with Gasteiger partial charge in [0.2, 0.25) is 11.8 Å². The summed E-state index contributed by atoms with van der Waals surface area (Å²) in [5, 5.41) is 2.92. The number of piperazine rings is 1. The minimum absolute atomic E-state index is 0.0292. The number of rotatable bonds is 5. The van der Waals surface area contributed by atoms with E-state index in [1.807, 2.05) is 11.8 Å². The zero-order valence-corrected chi connectivity index (χ0v) is 12.8. The second-order valence-electron chi connectivity index (χ2n) is 7.28. The van der Waals surface area contributed by atoms with Gasteiger partial charge in [0.1, 0.15) is 12.1 Å². The fraction of sp³-hybridized carbons (Fsp3) is 0.875. The maximum atomic E-state index is 12.8. The summed E-state index contributed by atoms with van der Waals surface area (Å²) in [7, 11) is 0. The van der Waals surface area contributed by atoms with Crippen LogP contribution in [0, 0.1) is 17.8 Å². The van der Waals surface area contributed by atoms with Crippen LogP contribution in [-0.2, 0) is 9.59 Å². The van der Waals surface area contributed by atoms with Gasteiger partial charge in [-0.15, -0.1) is 0 Å². The van der Waals surface area contributed by atoms with Gasteiger partial charge in [-0.1, -0.05) is 13.8 Å². The average Bonchev–Trinajstić information content (AvgIpc) is 3.24. The van der Waals surface area contributed by atoms with E-state index in [2.05, 4.69) is 19.2 Å². The van der Waals surface area contributed by atoms with E-state index in [9.17, 15) is 9.59 Å². The second kappa shape index (κ2) is 5.05. The van der Waals surface area contributed by atoms with E-state index in [1.54, 1.807) is 0 Å². The molecule has 112 valence electrons. The summed E-state index contributed by atoms with van der Waals surface area (Å²) in [5.74, 6) is 1.91. The van der Waals surface area contributed by atoms with Crippen molar-refractivity contribution in [1.29, 1.82) is 0 Å². The molecule has 3 rings (SSSR count). The van der Waals surface area contributed by atoms with Gasteiger partial charge in [-0.25, -0.2) is 0 Å². The number of amides is 2. The van der Waals surface area contributed by atoms with Crippen molar-refractivity contribution in [3.8, 4) is 0 Å². The number of nitrogens with one attached hydrogen (secondary N) is 1. The third-order valence-corrected chi connectivity index (χ3v) is 4.90. The number of carbonyl (C=O) groups excluding carboxylic acids is 2. The van der Waals surface area contributed by atoms with Gasteiger partial charge in [0.05, 0.1) is 0 Å². The van der Waals surface area contributed by atoms with Gasteiger partial charge < -0.3 is 10.2 Å². The molecule has 3 aliphatic rings. The van der Waals surface area contributed by atoms with Crippen LogP contribution in [0.2, 0.25) is 0 Å². The quantitative estimate of drug-likeness (QED) is 0.835. The summed E-state index contributed by atoms with van der Waals surface area (Å²) >= 11 is 0. The third-order valence-electron chi connectivity index (χ3n) is 4.90. The van der Waals surface area contributed by atoms with E-state index >= 15 is 0 Å². The van der Waals surface area contributed by atoms with Gasteiger partial charge in [0, 0.05) is 6.04 Å². The first-order valence-corrected chi connectivity index (χ1v) is 8.11. The predicted octanol–water partition coefficient (Wildman–Crippen LogP) is 1.94. The maximum Gasteiger partial charge on any atom is 0.246 e. The Bertz CT molecular complexity index is 401. The number of hydrogen-bond donors (Lipinski definition) is 1. The summed E-state index contributed by atoms with van der Waals surface area (Å²) in [6.07, 6.45) is 5.67. The monoisotopic (exact) mass is 278 g/mol. The van der Waals surface area contributed by atoms with Crippen molar-refractivity contribution < 1.29 is 9.59 Å². The summed E-state index contributed by atoms with van der Waals surface area (Å²) in [4.78, 5) is 27.0. The van der Waals surface area contributed by atoms with Crippen molar-refractivity contribution in [3.05, 3.63) is 0 Å². The average molecular weight is 278 g/mol. The highest BCUT2D eigenvalue weighted by atomic mass is 16.2. The Balaban J connectivity index is 1.81. The normalized spacial score (nSPS) is 31.1. The minimum Gasteiger partial charge on any atom is -0.343 e. The molecule has 20 heavy (non-hydrogen) atoms. The Morgan fingerprint density at radius 1 is 1.15 bits per heavy atom. The van der Waals surface area contributed by atoms with Crippen LogP contribution < -0.4 is 5.32 Å². The molecule has 2 saturated carbocycles. The molecule has 2 unspecified atom stereocenters. The summed E-state index contributed by atoms with van der Waals surface area (Å²) < 4.78 is 0. The predicted molar refractivity (Wildman–Crippen MR) is 76.9 cm³/mol. The van der Waals surface area contributed by atoms with Crippen LogP contribution in [0.1, 0.15) is 52.9 Å². The van der Waals surface area contributed by atoms with Crippen LogP contribution in [0.5, 0.6) is 0 Å².